The van der Waals surface area contributed by atoms with Gasteiger partial charge in [0.25, 0.3) is 0 Å². The first-order valence-electron chi connectivity index (χ1n) is 7.37. The predicted octanol–water partition coefficient (Wildman–Crippen LogP) is 1.27. The summed E-state index contributed by atoms with van der Waals surface area (Å²) in [5, 5.41) is 0. The molecule has 2 aliphatic heterocycles. The first-order chi connectivity index (χ1) is 9.74. The summed E-state index contributed by atoms with van der Waals surface area (Å²) in [4.78, 5) is 28.5. The number of rotatable bonds is 3. The minimum absolute atomic E-state index is 0.0815. The van der Waals surface area contributed by atoms with Crippen LogP contribution in [0.15, 0.2) is 30.3 Å². The maximum Gasteiger partial charge on any atom is 0.234 e. The molecular formula is C16H18N2O2. The molecule has 4 nitrogen and oxygen atoms in total. The summed E-state index contributed by atoms with van der Waals surface area (Å²) in [5.74, 6) is -0.0188. The number of nitrogens with zero attached hydrogens (tertiary/aromatic N) is 2. The van der Waals surface area contributed by atoms with Crippen molar-refractivity contribution >= 4 is 11.8 Å². The molecule has 20 heavy (non-hydrogen) atoms. The smallest absolute Gasteiger partial charge is 0.234 e. The highest BCUT2D eigenvalue weighted by atomic mass is 16.2. The molecule has 4 rings (SSSR count). The maximum absolute atomic E-state index is 12.4. The number of likely N-dealkylation sites (tertiary alicyclic amines) is 2. The van der Waals surface area contributed by atoms with E-state index in [1.807, 2.05) is 18.2 Å². The molecule has 4 heteroatoms. The number of hydrogen-bond donors (Lipinski definition) is 0. The van der Waals surface area contributed by atoms with E-state index in [-0.39, 0.29) is 29.7 Å². The summed E-state index contributed by atoms with van der Waals surface area (Å²) in [5.41, 5.74) is 1.24. The molecule has 2 unspecified atom stereocenters. The Kier molecular flexibility index (Phi) is 2.67. The Hall–Kier alpha value is -1.68. The van der Waals surface area contributed by atoms with Gasteiger partial charge in [-0.15, -0.1) is 0 Å². The van der Waals surface area contributed by atoms with E-state index in [0.29, 0.717) is 0 Å². The van der Waals surface area contributed by atoms with Crippen LogP contribution in [0.3, 0.4) is 0 Å². The minimum atomic E-state index is -0.0909. The molecule has 0 bridgehead atoms. The first kappa shape index (κ1) is 12.1. The number of carbonyl (C=O) groups is 2. The molecule has 1 aliphatic carbocycles. The molecule has 2 amide bonds. The molecule has 0 aromatic heterocycles. The van der Waals surface area contributed by atoms with Crippen LogP contribution in [-0.2, 0) is 16.1 Å². The van der Waals surface area contributed by atoms with Gasteiger partial charge in [0.2, 0.25) is 11.8 Å². The Bertz CT molecular complexity index is 529. The highest BCUT2D eigenvalue weighted by Crippen LogP contribution is 2.40. The van der Waals surface area contributed by atoms with Gasteiger partial charge in [0.15, 0.2) is 0 Å². The summed E-state index contributed by atoms with van der Waals surface area (Å²) in [6.07, 6.45) is 2.01. The van der Waals surface area contributed by atoms with Crippen LogP contribution < -0.4 is 0 Å². The molecule has 1 saturated carbocycles. The quantitative estimate of drug-likeness (QED) is 0.777. The predicted molar refractivity (Wildman–Crippen MR) is 73.6 cm³/mol. The fourth-order valence-corrected chi connectivity index (χ4v) is 3.52. The van der Waals surface area contributed by atoms with Crippen molar-refractivity contribution in [2.24, 2.45) is 11.8 Å². The zero-order chi connectivity index (χ0) is 13.7. The maximum atomic E-state index is 12.4. The lowest BCUT2D eigenvalue weighted by atomic mass is 10.00. The number of benzene rings is 1. The second kappa shape index (κ2) is 4.42. The zero-order valence-corrected chi connectivity index (χ0v) is 11.4. The van der Waals surface area contributed by atoms with Gasteiger partial charge in [-0.2, -0.15) is 0 Å². The summed E-state index contributed by atoms with van der Waals surface area (Å²) >= 11 is 0. The van der Waals surface area contributed by atoms with Crippen LogP contribution in [0.5, 0.6) is 0 Å². The lowest BCUT2D eigenvalue weighted by molar-refractivity contribution is -0.141. The number of carbonyl (C=O) groups excluding carboxylic acids is 2. The largest absolute Gasteiger partial charge is 0.297 e. The van der Waals surface area contributed by atoms with Gasteiger partial charge in [0.1, 0.15) is 0 Å². The van der Waals surface area contributed by atoms with Gasteiger partial charge in [-0.25, -0.2) is 0 Å². The molecule has 2 saturated heterocycles. The number of amides is 2. The van der Waals surface area contributed by atoms with Gasteiger partial charge >= 0.3 is 0 Å². The Morgan fingerprint density at radius 3 is 2.10 bits per heavy atom. The summed E-state index contributed by atoms with van der Waals surface area (Å²) < 4.78 is 0. The lowest BCUT2D eigenvalue weighted by Crippen LogP contribution is -2.37. The van der Waals surface area contributed by atoms with Crippen molar-refractivity contribution in [1.82, 2.24) is 9.80 Å². The molecule has 104 valence electrons. The molecule has 2 atom stereocenters. The summed E-state index contributed by atoms with van der Waals surface area (Å²) in [7, 11) is 0. The van der Waals surface area contributed by atoms with E-state index in [0.717, 1.165) is 32.5 Å². The van der Waals surface area contributed by atoms with Crippen LogP contribution in [0.1, 0.15) is 18.4 Å². The van der Waals surface area contributed by atoms with Crippen molar-refractivity contribution in [1.29, 1.82) is 0 Å². The average molecular weight is 270 g/mol. The van der Waals surface area contributed by atoms with E-state index in [1.54, 1.807) is 4.90 Å². The van der Waals surface area contributed by atoms with E-state index < -0.39 is 0 Å². The van der Waals surface area contributed by atoms with E-state index >= 15 is 0 Å². The van der Waals surface area contributed by atoms with Gasteiger partial charge < -0.3 is 0 Å². The van der Waals surface area contributed by atoms with Gasteiger partial charge in [-0.1, -0.05) is 30.3 Å². The second-order valence-corrected chi connectivity index (χ2v) is 6.17. The highest BCUT2D eigenvalue weighted by molar-refractivity contribution is 6.06. The third-order valence-corrected chi connectivity index (χ3v) is 4.67. The van der Waals surface area contributed by atoms with E-state index in [4.69, 9.17) is 0 Å². The van der Waals surface area contributed by atoms with Crippen LogP contribution >= 0.6 is 0 Å². The van der Waals surface area contributed by atoms with Crippen molar-refractivity contribution in [3.63, 3.8) is 0 Å². The third-order valence-electron chi connectivity index (χ3n) is 4.67. The van der Waals surface area contributed by atoms with Gasteiger partial charge in [0.05, 0.1) is 11.8 Å². The SMILES string of the molecule is O=C1C2CN(Cc3ccccc3)CC2C(=O)N1C1CC1. The van der Waals surface area contributed by atoms with Crippen LogP contribution in [0, 0.1) is 11.8 Å². The normalized spacial score (nSPS) is 30.1. The molecule has 3 fully saturated rings. The van der Waals surface area contributed by atoms with Crippen LogP contribution in [0.2, 0.25) is 0 Å². The Morgan fingerprint density at radius 2 is 1.55 bits per heavy atom. The van der Waals surface area contributed by atoms with Gasteiger partial charge in [-0.05, 0) is 18.4 Å². The zero-order valence-electron chi connectivity index (χ0n) is 11.4. The number of imide groups is 1. The lowest BCUT2D eigenvalue weighted by Gasteiger charge is -2.20. The van der Waals surface area contributed by atoms with Crippen molar-refractivity contribution in [3.05, 3.63) is 35.9 Å². The standard InChI is InChI=1S/C16H18N2O2/c19-15-13-9-17(8-11-4-2-1-3-5-11)10-14(13)16(20)18(15)12-6-7-12/h1-5,12-14H,6-10H2. The summed E-state index contributed by atoms with van der Waals surface area (Å²) in [6, 6.07) is 10.5. The highest BCUT2D eigenvalue weighted by Gasteiger charge is 2.55. The molecular weight excluding hydrogens is 252 g/mol. The topological polar surface area (TPSA) is 40.6 Å². The fraction of sp³-hybridized carbons (Fsp3) is 0.500. The summed E-state index contributed by atoms with van der Waals surface area (Å²) in [6.45, 7) is 2.29. The Labute approximate surface area is 118 Å². The molecule has 0 radical (unpaired) electrons. The van der Waals surface area contributed by atoms with Crippen molar-refractivity contribution in [3.8, 4) is 0 Å². The Morgan fingerprint density at radius 1 is 0.950 bits per heavy atom. The van der Waals surface area contributed by atoms with Gasteiger partial charge in [-0.3, -0.25) is 19.4 Å². The molecule has 0 N–H and O–H groups in total. The van der Waals surface area contributed by atoms with E-state index in [2.05, 4.69) is 17.0 Å². The molecule has 0 spiro atoms. The van der Waals surface area contributed by atoms with Crippen molar-refractivity contribution in [2.45, 2.75) is 25.4 Å². The molecule has 1 aromatic carbocycles. The number of fused-ring (bicyclic) bond motifs is 1. The second-order valence-electron chi connectivity index (χ2n) is 6.17. The first-order valence-corrected chi connectivity index (χ1v) is 7.37. The van der Waals surface area contributed by atoms with Crippen molar-refractivity contribution < 1.29 is 9.59 Å². The number of hydrogen-bond acceptors (Lipinski definition) is 3. The van der Waals surface area contributed by atoms with Crippen LogP contribution in [-0.4, -0.2) is 40.7 Å². The van der Waals surface area contributed by atoms with Crippen molar-refractivity contribution in [2.75, 3.05) is 13.1 Å². The van der Waals surface area contributed by atoms with Crippen LogP contribution in [0.4, 0.5) is 0 Å². The van der Waals surface area contributed by atoms with E-state index in [1.165, 1.54) is 5.56 Å². The van der Waals surface area contributed by atoms with Gasteiger partial charge in [0, 0.05) is 25.7 Å². The van der Waals surface area contributed by atoms with E-state index in [9.17, 15) is 9.59 Å². The monoisotopic (exact) mass is 270 g/mol. The Balaban J connectivity index is 1.47. The van der Waals surface area contributed by atoms with Crippen LogP contribution in [0.25, 0.3) is 0 Å². The third kappa shape index (κ3) is 1.86. The molecule has 2 heterocycles. The average Bonchev–Trinajstić information content (AvgIpc) is 3.14. The molecule has 3 aliphatic rings. The minimum Gasteiger partial charge on any atom is -0.297 e. The fourth-order valence-electron chi connectivity index (χ4n) is 3.52. The molecule has 1 aromatic rings.